The van der Waals surface area contributed by atoms with Gasteiger partial charge in [0, 0.05) is 32.3 Å². The van der Waals surface area contributed by atoms with E-state index in [0.29, 0.717) is 24.4 Å². The zero-order valence-corrected chi connectivity index (χ0v) is 14.4. The molecule has 130 valence electrons. The van der Waals surface area contributed by atoms with E-state index in [1.54, 1.807) is 34.9 Å². The van der Waals surface area contributed by atoms with E-state index in [1.165, 1.54) is 0 Å². The van der Waals surface area contributed by atoms with E-state index >= 15 is 0 Å². The minimum absolute atomic E-state index is 0.0357. The third kappa shape index (κ3) is 3.57. The van der Waals surface area contributed by atoms with E-state index in [9.17, 15) is 9.59 Å². The minimum Gasteiger partial charge on any atom is -0.463 e. The first-order valence-electron chi connectivity index (χ1n) is 8.23. The van der Waals surface area contributed by atoms with Crippen LogP contribution in [-0.4, -0.2) is 34.4 Å². The number of hydrogen-bond donors (Lipinski definition) is 1. The molecule has 0 spiro atoms. The third-order valence-electron chi connectivity index (χ3n) is 4.25. The number of rotatable bonds is 6. The van der Waals surface area contributed by atoms with Gasteiger partial charge in [-0.1, -0.05) is 30.3 Å². The predicted molar refractivity (Wildman–Crippen MR) is 95.1 cm³/mol. The molecule has 2 heterocycles. The second kappa shape index (κ2) is 7.25. The van der Waals surface area contributed by atoms with Gasteiger partial charge in [-0.25, -0.2) is 0 Å². The summed E-state index contributed by atoms with van der Waals surface area (Å²) in [6, 6.07) is 13.3. The first-order valence-corrected chi connectivity index (χ1v) is 8.23. The standard InChI is InChI=1S/C19H21N3O3/c1-3-22(13-14-7-5-4-6-8-14)18(23)12-20-19(24)16-11-17-15(21(16)2)9-10-25-17/h4-11H,3,12-13H2,1-2H3,(H,20,24). The lowest BCUT2D eigenvalue weighted by atomic mass is 10.2. The molecule has 0 saturated carbocycles. The molecule has 25 heavy (non-hydrogen) atoms. The largest absolute Gasteiger partial charge is 0.463 e. The van der Waals surface area contributed by atoms with E-state index in [4.69, 9.17) is 4.42 Å². The molecule has 6 nitrogen and oxygen atoms in total. The van der Waals surface area contributed by atoms with Gasteiger partial charge in [0.25, 0.3) is 5.91 Å². The summed E-state index contributed by atoms with van der Waals surface area (Å²) in [4.78, 5) is 26.5. The smallest absolute Gasteiger partial charge is 0.268 e. The first kappa shape index (κ1) is 16.8. The van der Waals surface area contributed by atoms with E-state index in [2.05, 4.69) is 5.32 Å². The first-order chi connectivity index (χ1) is 12.1. The number of aromatic nitrogens is 1. The Balaban J connectivity index is 1.61. The number of furan rings is 1. The summed E-state index contributed by atoms with van der Waals surface area (Å²) in [6.45, 7) is 3.00. The SMILES string of the molecule is CCN(Cc1ccccc1)C(=O)CNC(=O)c1cc2occc2n1C. The summed E-state index contributed by atoms with van der Waals surface area (Å²) in [5.41, 5.74) is 3.02. The molecule has 0 fully saturated rings. The molecule has 3 rings (SSSR count). The number of benzene rings is 1. The highest BCUT2D eigenvalue weighted by atomic mass is 16.3. The summed E-state index contributed by atoms with van der Waals surface area (Å²) in [5.74, 6) is -0.407. The van der Waals surface area contributed by atoms with Crippen LogP contribution in [0.25, 0.3) is 11.1 Å². The highest BCUT2D eigenvalue weighted by Crippen LogP contribution is 2.19. The molecule has 0 aliphatic heterocycles. The van der Waals surface area contributed by atoms with Crippen molar-refractivity contribution in [2.45, 2.75) is 13.5 Å². The molecule has 1 N–H and O–H groups in total. The van der Waals surface area contributed by atoms with Crippen LogP contribution in [0.3, 0.4) is 0 Å². The van der Waals surface area contributed by atoms with Gasteiger partial charge >= 0.3 is 0 Å². The van der Waals surface area contributed by atoms with Crippen LogP contribution in [0.2, 0.25) is 0 Å². The molecule has 1 aromatic carbocycles. The normalized spacial score (nSPS) is 10.8. The number of fused-ring (bicyclic) bond motifs is 1. The molecule has 0 bridgehead atoms. The van der Waals surface area contributed by atoms with Crippen LogP contribution in [0, 0.1) is 0 Å². The van der Waals surface area contributed by atoms with Gasteiger partial charge in [-0.3, -0.25) is 9.59 Å². The Morgan fingerprint density at radius 1 is 1.20 bits per heavy atom. The van der Waals surface area contributed by atoms with Gasteiger partial charge in [0.2, 0.25) is 5.91 Å². The van der Waals surface area contributed by atoms with Crippen molar-refractivity contribution in [3.05, 3.63) is 60.0 Å². The highest BCUT2D eigenvalue weighted by molar-refractivity contribution is 5.99. The van der Waals surface area contributed by atoms with Gasteiger partial charge in [-0.2, -0.15) is 0 Å². The summed E-state index contributed by atoms with van der Waals surface area (Å²) < 4.78 is 7.05. The average Bonchev–Trinajstić information content (AvgIpc) is 3.21. The van der Waals surface area contributed by atoms with Gasteiger partial charge in [-0.15, -0.1) is 0 Å². The molecule has 0 radical (unpaired) electrons. The fourth-order valence-corrected chi connectivity index (χ4v) is 2.81. The van der Waals surface area contributed by atoms with Crippen molar-refractivity contribution in [2.75, 3.05) is 13.1 Å². The van der Waals surface area contributed by atoms with Crippen LogP contribution in [0.5, 0.6) is 0 Å². The number of carbonyl (C=O) groups is 2. The Labute approximate surface area is 146 Å². The monoisotopic (exact) mass is 339 g/mol. The number of aryl methyl sites for hydroxylation is 1. The lowest BCUT2D eigenvalue weighted by Crippen LogP contribution is -2.40. The molecule has 0 saturated heterocycles. The van der Waals surface area contributed by atoms with Crippen molar-refractivity contribution < 1.29 is 14.0 Å². The van der Waals surface area contributed by atoms with E-state index < -0.39 is 0 Å². The Morgan fingerprint density at radius 2 is 1.96 bits per heavy atom. The van der Waals surface area contributed by atoms with Gasteiger partial charge in [0.1, 0.15) is 5.69 Å². The molecule has 3 aromatic rings. The van der Waals surface area contributed by atoms with Crippen LogP contribution in [0.15, 0.2) is 53.1 Å². The van der Waals surface area contributed by atoms with Crippen molar-refractivity contribution in [2.24, 2.45) is 7.05 Å². The van der Waals surface area contributed by atoms with Crippen LogP contribution in [0.1, 0.15) is 23.0 Å². The number of nitrogens with zero attached hydrogens (tertiary/aromatic N) is 2. The Hall–Kier alpha value is -3.02. The molecule has 0 aliphatic carbocycles. The Morgan fingerprint density at radius 3 is 2.64 bits per heavy atom. The zero-order chi connectivity index (χ0) is 17.8. The second-order valence-electron chi connectivity index (χ2n) is 5.83. The highest BCUT2D eigenvalue weighted by Gasteiger charge is 2.17. The van der Waals surface area contributed by atoms with Gasteiger partial charge in [0.15, 0.2) is 5.58 Å². The summed E-state index contributed by atoms with van der Waals surface area (Å²) in [6.07, 6.45) is 1.58. The van der Waals surface area contributed by atoms with Crippen LogP contribution < -0.4 is 5.32 Å². The van der Waals surface area contributed by atoms with Crippen LogP contribution >= 0.6 is 0 Å². The average molecular weight is 339 g/mol. The quantitative estimate of drug-likeness (QED) is 0.750. The van der Waals surface area contributed by atoms with Gasteiger partial charge < -0.3 is 19.2 Å². The number of nitrogens with one attached hydrogen (secondary N) is 1. The van der Waals surface area contributed by atoms with Crippen molar-refractivity contribution in [1.29, 1.82) is 0 Å². The maximum absolute atomic E-state index is 12.4. The maximum atomic E-state index is 12.4. The lowest BCUT2D eigenvalue weighted by molar-refractivity contribution is -0.130. The number of likely N-dealkylation sites (N-methyl/N-ethyl adjacent to an activating group) is 1. The van der Waals surface area contributed by atoms with E-state index in [1.807, 2.05) is 37.3 Å². The minimum atomic E-state index is -0.294. The maximum Gasteiger partial charge on any atom is 0.268 e. The topological polar surface area (TPSA) is 67.5 Å². The molecule has 0 atom stereocenters. The fourth-order valence-electron chi connectivity index (χ4n) is 2.81. The molecule has 0 aliphatic rings. The fraction of sp³-hybridized carbons (Fsp3) is 0.263. The molecule has 0 unspecified atom stereocenters. The van der Waals surface area contributed by atoms with Crippen molar-refractivity contribution in [3.63, 3.8) is 0 Å². The zero-order valence-electron chi connectivity index (χ0n) is 14.4. The van der Waals surface area contributed by atoms with Crippen molar-refractivity contribution in [1.82, 2.24) is 14.8 Å². The van der Waals surface area contributed by atoms with Gasteiger partial charge in [0.05, 0.1) is 18.3 Å². The lowest BCUT2D eigenvalue weighted by Gasteiger charge is -2.21. The van der Waals surface area contributed by atoms with Crippen molar-refractivity contribution >= 4 is 22.9 Å². The molecule has 2 amide bonds. The number of hydrogen-bond acceptors (Lipinski definition) is 3. The summed E-state index contributed by atoms with van der Waals surface area (Å²) in [7, 11) is 1.79. The van der Waals surface area contributed by atoms with Crippen LogP contribution in [0.4, 0.5) is 0 Å². The molecule has 2 aromatic heterocycles. The Bertz CT molecular complexity index is 880. The molecule has 6 heteroatoms. The number of carbonyl (C=O) groups excluding carboxylic acids is 2. The molecular weight excluding hydrogens is 318 g/mol. The molecular formula is C19H21N3O3. The van der Waals surface area contributed by atoms with Crippen LogP contribution in [-0.2, 0) is 18.4 Å². The Kier molecular flexibility index (Phi) is 4.88. The summed E-state index contributed by atoms with van der Waals surface area (Å²) >= 11 is 0. The van der Waals surface area contributed by atoms with E-state index in [0.717, 1.165) is 11.1 Å². The summed E-state index contributed by atoms with van der Waals surface area (Å²) in [5, 5.41) is 2.70. The number of amides is 2. The third-order valence-corrected chi connectivity index (χ3v) is 4.25. The predicted octanol–water partition coefficient (Wildman–Crippen LogP) is 2.55. The van der Waals surface area contributed by atoms with E-state index in [-0.39, 0.29) is 18.4 Å². The second-order valence-corrected chi connectivity index (χ2v) is 5.83. The van der Waals surface area contributed by atoms with Crippen molar-refractivity contribution in [3.8, 4) is 0 Å². The van der Waals surface area contributed by atoms with Gasteiger partial charge in [-0.05, 0) is 12.5 Å².